The first-order valence-corrected chi connectivity index (χ1v) is 8.25. The van der Waals surface area contributed by atoms with Crippen LogP contribution in [0.3, 0.4) is 0 Å². The molecule has 0 aliphatic heterocycles. The lowest BCUT2D eigenvalue weighted by atomic mass is 10.1. The Bertz CT molecular complexity index is 728. The Morgan fingerprint density at radius 3 is 2.75 bits per heavy atom. The monoisotopic (exact) mass is 322 g/mol. The Labute approximate surface area is 129 Å². The zero-order valence-electron chi connectivity index (χ0n) is 10.4. The fraction of sp³-hybridized carbons (Fsp3) is 0.143. The molecular weight excluding hydrogens is 312 g/mol. The number of thiophene rings is 1. The number of halogens is 1. The van der Waals surface area contributed by atoms with Crippen LogP contribution in [-0.4, -0.2) is 27.4 Å². The van der Waals surface area contributed by atoms with Gasteiger partial charge in [-0.2, -0.15) is 0 Å². The number of fused-ring (bicyclic) bond motifs is 1. The summed E-state index contributed by atoms with van der Waals surface area (Å²) in [6.45, 7) is 0.135. The van der Waals surface area contributed by atoms with Gasteiger partial charge in [-0.25, -0.2) is 9.97 Å². The number of aliphatic hydroxyl groups is 1. The minimum atomic E-state index is 0.135. The molecule has 0 bridgehead atoms. The van der Waals surface area contributed by atoms with E-state index in [1.165, 1.54) is 0 Å². The van der Waals surface area contributed by atoms with Crippen LogP contribution in [0.5, 0.6) is 0 Å². The number of benzene rings is 1. The summed E-state index contributed by atoms with van der Waals surface area (Å²) in [5, 5.41) is 13.8. The number of nitrogens with zero attached hydrogens (tertiary/aromatic N) is 2. The van der Waals surface area contributed by atoms with Gasteiger partial charge in [0.25, 0.3) is 0 Å². The summed E-state index contributed by atoms with van der Waals surface area (Å²) in [5.74, 6) is 0.627. The van der Waals surface area contributed by atoms with Crippen molar-refractivity contribution < 1.29 is 5.11 Å². The summed E-state index contributed by atoms with van der Waals surface area (Å²) >= 11 is 9.08. The molecule has 0 fully saturated rings. The lowest BCUT2D eigenvalue weighted by Gasteiger charge is -2.04. The second-order valence-corrected chi connectivity index (χ2v) is 6.47. The van der Waals surface area contributed by atoms with Crippen LogP contribution in [0.15, 0.2) is 41.0 Å². The van der Waals surface area contributed by atoms with Gasteiger partial charge in [0.1, 0.15) is 16.2 Å². The van der Waals surface area contributed by atoms with Crippen molar-refractivity contribution >= 4 is 44.9 Å². The van der Waals surface area contributed by atoms with E-state index in [2.05, 4.69) is 15.3 Å². The first-order chi connectivity index (χ1) is 9.79. The van der Waals surface area contributed by atoms with Gasteiger partial charge in [0, 0.05) is 21.7 Å². The van der Waals surface area contributed by atoms with E-state index in [9.17, 15) is 0 Å². The molecule has 3 nitrogen and oxygen atoms in total. The van der Waals surface area contributed by atoms with Crippen molar-refractivity contribution in [3.05, 3.63) is 41.0 Å². The van der Waals surface area contributed by atoms with Gasteiger partial charge in [-0.3, -0.25) is 0 Å². The highest BCUT2D eigenvalue weighted by molar-refractivity contribution is 7.99. The van der Waals surface area contributed by atoms with Crippen molar-refractivity contribution in [3.63, 3.8) is 0 Å². The largest absolute Gasteiger partial charge is 0.396 e. The Hall–Kier alpha value is -1.14. The average Bonchev–Trinajstić information content (AvgIpc) is 2.90. The van der Waals surface area contributed by atoms with Gasteiger partial charge in [0.15, 0.2) is 0 Å². The first-order valence-electron chi connectivity index (χ1n) is 6.01. The molecule has 0 spiro atoms. The van der Waals surface area contributed by atoms with Crippen molar-refractivity contribution in [2.45, 2.75) is 5.03 Å². The Kier molecular flexibility index (Phi) is 4.21. The zero-order chi connectivity index (χ0) is 13.9. The summed E-state index contributed by atoms with van der Waals surface area (Å²) < 4.78 is 0. The van der Waals surface area contributed by atoms with Crippen LogP contribution >= 0.6 is 34.7 Å². The smallest absolute Gasteiger partial charge is 0.128 e. The fourth-order valence-electron chi connectivity index (χ4n) is 1.94. The van der Waals surface area contributed by atoms with E-state index < -0.39 is 0 Å². The van der Waals surface area contributed by atoms with Gasteiger partial charge in [-0.05, 0) is 17.7 Å². The maximum absolute atomic E-state index is 8.99. The quantitative estimate of drug-likeness (QED) is 0.580. The highest BCUT2D eigenvalue weighted by atomic mass is 35.5. The summed E-state index contributed by atoms with van der Waals surface area (Å²) in [5.41, 5.74) is 2.21. The maximum atomic E-state index is 8.99. The third kappa shape index (κ3) is 2.67. The van der Waals surface area contributed by atoms with E-state index in [4.69, 9.17) is 16.7 Å². The van der Waals surface area contributed by atoms with Gasteiger partial charge in [-0.1, -0.05) is 23.7 Å². The van der Waals surface area contributed by atoms with Crippen LogP contribution in [0.2, 0.25) is 5.02 Å². The van der Waals surface area contributed by atoms with E-state index in [0.29, 0.717) is 5.75 Å². The van der Waals surface area contributed by atoms with E-state index in [1.807, 2.05) is 24.3 Å². The number of aromatic nitrogens is 2. The van der Waals surface area contributed by atoms with Crippen molar-refractivity contribution in [2.24, 2.45) is 0 Å². The predicted molar refractivity (Wildman–Crippen MR) is 85.7 cm³/mol. The normalized spacial score (nSPS) is 11.1. The van der Waals surface area contributed by atoms with Gasteiger partial charge in [0.05, 0.1) is 12.0 Å². The summed E-state index contributed by atoms with van der Waals surface area (Å²) in [6.07, 6.45) is 1.57. The molecular formula is C14H11ClN2OS2. The van der Waals surface area contributed by atoms with E-state index in [-0.39, 0.29) is 6.61 Å². The standard InChI is InChI=1S/C14H11ClN2OS2/c15-10-3-1-9(2-4-10)11-7-20-14-12(11)13(16-8-17-14)19-6-5-18/h1-4,7-8,18H,5-6H2. The van der Waals surface area contributed by atoms with Crippen LogP contribution in [0.4, 0.5) is 0 Å². The van der Waals surface area contributed by atoms with Gasteiger partial charge in [0.2, 0.25) is 0 Å². The lowest BCUT2D eigenvalue weighted by Crippen LogP contribution is -1.90. The van der Waals surface area contributed by atoms with Crippen molar-refractivity contribution in [1.82, 2.24) is 9.97 Å². The Morgan fingerprint density at radius 2 is 2.00 bits per heavy atom. The second-order valence-electron chi connectivity index (χ2n) is 4.09. The summed E-state index contributed by atoms with van der Waals surface area (Å²) in [7, 11) is 0. The van der Waals surface area contributed by atoms with E-state index in [1.54, 1.807) is 29.4 Å². The predicted octanol–water partition coefficient (Wildman–Crippen LogP) is 4.10. The molecule has 1 aromatic carbocycles. The average molecular weight is 323 g/mol. The fourth-order valence-corrected chi connectivity index (χ4v) is 3.81. The summed E-state index contributed by atoms with van der Waals surface area (Å²) in [4.78, 5) is 9.62. The number of rotatable bonds is 4. The second kappa shape index (κ2) is 6.10. The van der Waals surface area contributed by atoms with Gasteiger partial charge >= 0.3 is 0 Å². The highest BCUT2D eigenvalue weighted by Crippen LogP contribution is 2.37. The molecule has 0 saturated carbocycles. The SMILES string of the molecule is OCCSc1ncnc2scc(-c3ccc(Cl)cc3)c12. The molecule has 0 saturated heterocycles. The topological polar surface area (TPSA) is 46.0 Å². The molecule has 2 aromatic heterocycles. The molecule has 102 valence electrons. The summed E-state index contributed by atoms with van der Waals surface area (Å²) in [6, 6.07) is 7.75. The molecule has 0 aliphatic rings. The van der Waals surface area contributed by atoms with Crippen molar-refractivity contribution in [1.29, 1.82) is 0 Å². The van der Waals surface area contributed by atoms with Crippen LogP contribution < -0.4 is 0 Å². The third-order valence-corrected chi connectivity index (χ3v) is 4.93. The van der Waals surface area contributed by atoms with Gasteiger partial charge in [-0.15, -0.1) is 23.1 Å². The Morgan fingerprint density at radius 1 is 1.20 bits per heavy atom. The molecule has 0 aliphatic carbocycles. The van der Waals surface area contributed by atoms with Gasteiger partial charge < -0.3 is 5.11 Å². The molecule has 20 heavy (non-hydrogen) atoms. The third-order valence-electron chi connectivity index (χ3n) is 2.82. The van der Waals surface area contributed by atoms with Crippen LogP contribution in [0, 0.1) is 0 Å². The number of thioether (sulfide) groups is 1. The molecule has 0 unspecified atom stereocenters. The number of aliphatic hydroxyl groups excluding tert-OH is 1. The minimum absolute atomic E-state index is 0.135. The zero-order valence-corrected chi connectivity index (χ0v) is 12.8. The molecule has 0 atom stereocenters. The Balaban J connectivity index is 2.13. The molecule has 0 radical (unpaired) electrons. The van der Waals surface area contributed by atoms with E-state index >= 15 is 0 Å². The van der Waals surface area contributed by atoms with Crippen LogP contribution in [0.25, 0.3) is 21.3 Å². The van der Waals surface area contributed by atoms with Crippen molar-refractivity contribution in [2.75, 3.05) is 12.4 Å². The van der Waals surface area contributed by atoms with Crippen LogP contribution in [0.1, 0.15) is 0 Å². The maximum Gasteiger partial charge on any atom is 0.128 e. The van der Waals surface area contributed by atoms with Crippen LogP contribution in [-0.2, 0) is 0 Å². The number of hydrogen-bond donors (Lipinski definition) is 1. The van der Waals surface area contributed by atoms with Crippen molar-refractivity contribution in [3.8, 4) is 11.1 Å². The molecule has 1 N–H and O–H groups in total. The molecule has 6 heteroatoms. The van der Waals surface area contributed by atoms with E-state index in [0.717, 1.165) is 31.4 Å². The molecule has 3 rings (SSSR count). The lowest BCUT2D eigenvalue weighted by molar-refractivity contribution is 0.322. The minimum Gasteiger partial charge on any atom is -0.396 e. The number of hydrogen-bond acceptors (Lipinski definition) is 5. The molecule has 2 heterocycles. The highest BCUT2D eigenvalue weighted by Gasteiger charge is 2.13. The molecule has 3 aromatic rings. The molecule has 0 amide bonds. The first kappa shape index (κ1) is 13.8.